The molecule has 6 heteroatoms. The van der Waals surface area contributed by atoms with Crippen molar-refractivity contribution in [3.63, 3.8) is 0 Å². The van der Waals surface area contributed by atoms with Crippen molar-refractivity contribution in [2.75, 3.05) is 12.9 Å². The summed E-state index contributed by atoms with van der Waals surface area (Å²) < 4.78 is 4.58. The molecule has 5 nitrogen and oxygen atoms in total. The van der Waals surface area contributed by atoms with Crippen molar-refractivity contribution in [3.05, 3.63) is 41.5 Å². The molecule has 1 atom stereocenters. The molecule has 0 saturated carbocycles. The maximum atomic E-state index is 12.4. The molecule has 1 amide bonds. The molecule has 0 saturated heterocycles. The van der Waals surface area contributed by atoms with Gasteiger partial charge in [-0.2, -0.15) is 0 Å². The topological polar surface area (TPSA) is 72.5 Å². The van der Waals surface area contributed by atoms with Gasteiger partial charge < -0.3 is 10.1 Å². The lowest BCUT2D eigenvalue weighted by Crippen LogP contribution is -2.35. The zero-order valence-corrected chi connectivity index (χ0v) is 14.3. The molecular formula is C17H21NO4S. The van der Waals surface area contributed by atoms with Gasteiger partial charge in [0.05, 0.1) is 13.5 Å². The standard InChI is InChI=1S/C17H21NO4S/c1-12(9-16(20)22-3)18-17(21)15(11-23-13(2)19)10-14-7-5-4-6-8-14/h4-8,10,12H,9,11H2,1-3H3,(H,18,21). The average molecular weight is 335 g/mol. The number of hydrogen-bond donors (Lipinski definition) is 1. The van der Waals surface area contributed by atoms with Crippen LogP contribution in [-0.2, 0) is 19.1 Å². The number of thioether (sulfide) groups is 1. The molecule has 1 aromatic carbocycles. The van der Waals surface area contributed by atoms with Crippen molar-refractivity contribution in [1.82, 2.24) is 5.32 Å². The second-order valence-corrected chi connectivity index (χ2v) is 6.17. The second kappa shape index (κ2) is 9.84. The molecule has 1 rings (SSSR count). The first-order valence-electron chi connectivity index (χ1n) is 7.19. The van der Waals surface area contributed by atoms with E-state index < -0.39 is 0 Å². The van der Waals surface area contributed by atoms with Crippen molar-refractivity contribution < 1.29 is 19.1 Å². The lowest BCUT2D eigenvalue weighted by molar-refractivity contribution is -0.141. The maximum Gasteiger partial charge on any atom is 0.307 e. The molecule has 0 radical (unpaired) electrons. The summed E-state index contributed by atoms with van der Waals surface area (Å²) in [4.78, 5) is 34.8. The number of ether oxygens (including phenoxy) is 1. The minimum Gasteiger partial charge on any atom is -0.469 e. The first kappa shape index (κ1) is 19.0. The van der Waals surface area contributed by atoms with E-state index in [2.05, 4.69) is 10.1 Å². The third-order valence-electron chi connectivity index (χ3n) is 2.94. The van der Waals surface area contributed by atoms with Crippen molar-refractivity contribution in [1.29, 1.82) is 0 Å². The first-order chi connectivity index (χ1) is 10.9. The highest BCUT2D eigenvalue weighted by Gasteiger charge is 2.16. The van der Waals surface area contributed by atoms with E-state index in [1.165, 1.54) is 14.0 Å². The molecule has 0 heterocycles. The zero-order chi connectivity index (χ0) is 17.2. The summed E-state index contributed by atoms with van der Waals surface area (Å²) in [6.45, 7) is 3.19. The summed E-state index contributed by atoms with van der Waals surface area (Å²) in [5.41, 5.74) is 1.36. The molecular weight excluding hydrogens is 314 g/mol. The van der Waals surface area contributed by atoms with Gasteiger partial charge in [-0.05, 0) is 18.6 Å². The van der Waals surface area contributed by atoms with E-state index in [4.69, 9.17) is 0 Å². The van der Waals surface area contributed by atoms with Crippen LogP contribution in [0, 0.1) is 0 Å². The fourth-order valence-electron chi connectivity index (χ4n) is 1.80. The van der Waals surface area contributed by atoms with E-state index >= 15 is 0 Å². The van der Waals surface area contributed by atoms with Crippen LogP contribution in [0.25, 0.3) is 6.08 Å². The van der Waals surface area contributed by atoms with E-state index in [0.29, 0.717) is 5.57 Å². The summed E-state index contributed by atoms with van der Waals surface area (Å²) in [6, 6.07) is 9.04. The van der Waals surface area contributed by atoms with Gasteiger partial charge in [0, 0.05) is 24.3 Å². The molecule has 124 valence electrons. The van der Waals surface area contributed by atoms with Crippen molar-refractivity contribution in [2.45, 2.75) is 26.3 Å². The van der Waals surface area contributed by atoms with Gasteiger partial charge in [-0.25, -0.2) is 0 Å². The summed E-state index contributed by atoms with van der Waals surface area (Å²) >= 11 is 1.07. The normalized spacial score (nSPS) is 12.4. The largest absolute Gasteiger partial charge is 0.469 e. The van der Waals surface area contributed by atoms with Crippen LogP contribution in [0.3, 0.4) is 0 Å². The molecule has 23 heavy (non-hydrogen) atoms. The number of carbonyl (C=O) groups is 3. The highest BCUT2D eigenvalue weighted by atomic mass is 32.2. The summed E-state index contributed by atoms with van der Waals surface area (Å²) in [6.07, 6.45) is 1.84. The van der Waals surface area contributed by atoms with E-state index in [1.807, 2.05) is 30.3 Å². The number of nitrogens with one attached hydrogen (secondary N) is 1. The molecule has 0 spiro atoms. The number of benzene rings is 1. The Morgan fingerprint density at radius 2 is 1.91 bits per heavy atom. The van der Waals surface area contributed by atoms with Gasteiger partial charge in [-0.1, -0.05) is 42.1 Å². The van der Waals surface area contributed by atoms with E-state index in [9.17, 15) is 14.4 Å². The van der Waals surface area contributed by atoms with Gasteiger partial charge in [0.1, 0.15) is 0 Å². The fraction of sp³-hybridized carbons (Fsp3) is 0.353. The molecule has 0 aromatic heterocycles. The minimum absolute atomic E-state index is 0.0561. The van der Waals surface area contributed by atoms with Crippen LogP contribution in [-0.4, -0.2) is 35.9 Å². The lowest BCUT2D eigenvalue weighted by Gasteiger charge is -2.14. The molecule has 1 unspecified atom stereocenters. The van der Waals surface area contributed by atoms with Crippen LogP contribution in [0.15, 0.2) is 35.9 Å². The summed E-state index contributed by atoms with van der Waals surface area (Å²) in [5.74, 6) is -0.399. The summed E-state index contributed by atoms with van der Waals surface area (Å²) in [7, 11) is 1.31. The number of hydrogen-bond acceptors (Lipinski definition) is 5. The predicted octanol–water partition coefficient (Wildman–Crippen LogP) is 2.42. The Labute approximate surface area is 140 Å². The third kappa shape index (κ3) is 7.65. The molecule has 0 aliphatic rings. The van der Waals surface area contributed by atoms with Crippen LogP contribution in [0.1, 0.15) is 25.8 Å². The van der Waals surface area contributed by atoms with Crippen LogP contribution in [0.5, 0.6) is 0 Å². The predicted molar refractivity (Wildman–Crippen MR) is 91.8 cm³/mol. The number of amides is 1. The molecule has 0 aliphatic heterocycles. The van der Waals surface area contributed by atoms with Gasteiger partial charge in [-0.3, -0.25) is 14.4 Å². The Morgan fingerprint density at radius 1 is 1.26 bits per heavy atom. The van der Waals surface area contributed by atoms with Crippen LogP contribution < -0.4 is 5.32 Å². The molecule has 1 N–H and O–H groups in total. The Kier molecular flexibility index (Phi) is 8.11. The second-order valence-electron chi connectivity index (χ2n) is 5.02. The molecule has 0 fully saturated rings. The number of carbonyl (C=O) groups excluding carboxylic acids is 3. The summed E-state index contributed by atoms with van der Waals surface area (Å²) in [5, 5.41) is 2.70. The van der Waals surface area contributed by atoms with Crippen molar-refractivity contribution in [3.8, 4) is 0 Å². The Balaban J connectivity index is 2.82. The smallest absolute Gasteiger partial charge is 0.307 e. The van der Waals surface area contributed by atoms with Gasteiger partial charge in [-0.15, -0.1) is 0 Å². The lowest BCUT2D eigenvalue weighted by atomic mass is 10.1. The Hall–Kier alpha value is -2.08. The zero-order valence-electron chi connectivity index (χ0n) is 13.5. The van der Waals surface area contributed by atoms with Crippen molar-refractivity contribution in [2.24, 2.45) is 0 Å². The average Bonchev–Trinajstić information content (AvgIpc) is 2.51. The van der Waals surface area contributed by atoms with E-state index in [-0.39, 0.29) is 35.2 Å². The quantitative estimate of drug-likeness (QED) is 0.612. The minimum atomic E-state index is -0.385. The van der Waals surface area contributed by atoms with E-state index in [0.717, 1.165) is 17.3 Å². The SMILES string of the molecule is COC(=O)CC(C)NC(=O)C(=Cc1ccccc1)CSC(C)=O. The van der Waals surface area contributed by atoms with Gasteiger partial charge >= 0.3 is 5.97 Å². The maximum absolute atomic E-state index is 12.4. The number of methoxy groups -OCH3 is 1. The third-order valence-corrected chi connectivity index (χ3v) is 3.80. The van der Waals surface area contributed by atoms with Crippen LogP contribution in [0.2, 0.25) is 0 Å². The van der Waals surface area contributed by atoms with Crippen LogP contribution >= 0.6 is 11.8 Å². The van der Waals surface area contributed by atoms with Crippen LogP contribution in [0.4, 0.5) is 0 Å². The highest BCUT2D eigenvalue weighted by molar-refractivity contribution is 8.13. The van der Waals surface area contributed by atoms with E-state index in [1.54, 1.807) is 13.0 Å². The van der Waals surface area contributed by atoms with Gasteiger partial charge in [0.15, 0.2) is 5.12 Å². The first-order valence-corrected chi connectivity index (χ1v) is 8.17. The Morgan fingerprint density at radius 3 is 2.48 bits per heavy atom. The fourth-order valence-corrected chi connectivity index (χ4v) is 2.38. The Bertz CT molecular complexity index is 584. The van der Waals surface area contributed by atoms with Gasteiger partial charge in [0.2, 0.25) is 5.91 Å². The van der Waals surface area contributed by atoms with Gasteiger partial charge in [0.25, 0.3) is 0 Å². The monoisotopic (exact) mass is 335 g/mol. The molecule has 1 aromatic rings. The number of rotatable bonds is 7. The highest BCUT2D eigenvalue weighted by Crippen LogP contribution is 2.14. The molecule has 0 bridgehead atoms. The number of esters is 1. The van der Waals surface area contributed by atoms with Crippen molar-refractivity contribution >= 4 is 34.8 Å². The molecule has 0 aliphatic carbocycles.